The zero-order chi connectivity index (χ0) is 13.5. The molecule has 4 nitrogen and oxygen atoms in total. The van der Waals surface area contributed by atoms with Crippen molar-refractivity contribution >= 4 is 27.9 Å². The van der Waals surface area contributed by atoms with Crippen molar-refractivity contribution in [3.8, 4) is 0 Å². The fraction of sp³-hybridized carbons (Fsp3) is 0.214. The molecule has 0 bridgehead atoms. The Hall–Kier alpha value is -1.72. The van der Waals surface area contributed by atoms with Gasteiger partial charge in [-0.15, -0.1) is 4.40 Å². The first-order valence-corrected chi connectivity index (χ1v) is 7.04. The molecule has 0 fully saturated rings. The molecule has 0 aliphatic carbocycles. The maximum Gasteiger partial charge on any atom is 0.309 e. The number of amidine groups is 1. The van der Waals surface area contributed by atoms with Gasteiger partial charge in [-0.1, -0.05) is 42.5 Å². The van der Waals surface area contributed by atoms with Crippen LogP contribution in [0.15, 0.2) is 46.9 Å². The number of nitrogens with one attached hydrogen (secondary N) is 1. The summed E-state index contributed by atoms with van der Waals surface area (Å²) in [6.07, 6.45) is 0. The van der Waals surface area contributed by atoms with Crippen molar-refractivity contribution < 1.29 is 8.49 Å². The van der Waals surface area contributed by atoms with Gasteiger partial charge in [-0.2, -0.15) is 4.28 Å². The number of benzene rings is 2. The Balaban J connectivity index is 2.08. The van der Waals surface area contributed by atoms with Gasteiger partial charge in [-0.05, 0) is 30.2 Å². The van der Waals surface area contributed by atoms with Gasteiger partial charge in [-0.25, -0.2) is 9.69 Å². The molecule has 5 heteroatoms. The summed E-state index contributed by atoms with van der Waals surface area (Å²) in [5, 5.41) is 2.37. The molecule has 0 saturated carbocycles. The molecule has 98 valence electrons. The van der Waals surface area contributed by atoms with E-state index in [1.807, 2.05) is 26.0 Å². The van der Waals surface area contributed by atoms with Crippen LogP contribution < -0.4 is 5.48 Å². The molecule has 1 N–H and O–H groups in total. The molecule has 2 aromatic rings. The SMILES string of the molecule is CC(C)(C1=NS(=O)ON1)c1ccc2ccccc2c1. The molecule has 19 heavy (non-hydrogen) atoms. The van der Waals surface area contributed by atoms with Crippen molar-refractivity contribution in [2.75, 3.05) is 0 Å². The molecule has 1 unspecified atom stereocenters. The maximum atomic E-state index is 11.2. The quantitative estimate of drug-likeness (QED) is 0.916. The van der Waals surface area contributed by atoms with Crippen molar-refractivity contribution in [3.63, 3.8) is 0 Å². The van der Waals surface area contributed by atoms with Gasteiger partial charge < -0.3 is 0 Å². The lowest BCUT2D eigenvalue weighted by Gasteiger charge is -2.24. The average Bonchev–Trinajstić information content (AvgIpc) is 2.85. The second-order valence-electron chi connectivity index (χ2n) is 5.03. The van der Waals surface area contributed by atoms with E-state index in [-0.39, 0.29) is 5.41 Å². The van der Waals surface area contributed by atoms with Crippen LogP contribution >= 0.6 is 0 Å². The summed E-state index contributed by atoms with van der Waals surface area (Å²) < 4.78 is 19.9. The van der Waals surface area contributed by atoms with Crippen LogP contribution in [0.4, 0.5) is 0 Å². The minimum atomic E-state index is -1.62. The molecule has 3 rings (SSSR count). The minimum Gasteiger partial charge on any atom is -0.234 e. The van der Waals surface area contributed by atoms with Crippen LogP contribution in [0.1, 0.15) is 19.4 Å². The zero-order valence-corrected chi connectivity index (χ0v) is 11.5. The highest BCUT2D eigenvalue weighted by atomic mass is 32.2. The van der Waals surface area contributed by atoms with E-state index in [4.69, 9.17) is 4.28 Å². The van der Waals surface area contributed by atoms with Crippen molar-refractivity contribution in [2.45, 2.75) is 19.3 Å². The van der Waals surface area contributed by atoms with Crippen LogP contribution in [-0.2, 0) is 21.0 Å². The monoisotopic (exact) mass is 274 g/mol. The first-order valence-electron chi connectivity index (χ1n) is 6.01. The summed E-state index contributed by atoms with van der Waals surface area (Å²) in [7, 11) is 0. The van der Waals surface area contributed by atoms with Crippen molar-refractivity contribution in [1.82, 2.24) is 5.48 Å². The molecule has 0 radical (unpaired) electrons. The number of hydroxylamine groups is 1. The zero-order valence-electron chi connectivity index (χ0n) is 10.7. The van der Waals surface area contributed by atoms with Crippen LogP contribution in [0, 0.1) is 0 Å². The van der Waals surface area contributed by atoms with Gasteiger partial charge in [0.25, 0.3) is 0 Å². The number of fused-ring (bicyclic) bond motifs is 1. The molecule has 1 aliphatic heterocycles. The smallest absolute Gasteiger partial charge is 0.234 e. The lowest BCUT2D eigenvalue weighted by molar-refractivity contribution is 0.297. The molecule has 0 spiro atoms. The molecule has 0 saturated heterocycles. The van der Waals surface area contributed by atoms with Crippen molar-refractivity contribution in [3.05, 3.63) is 48.0 Å². The van der Waals surface area contributed by atoms with Gasteiger partial charge in [0.05, 0.1) is 5.41 Å². The number of nitrogens with zero attached hydrogens (tertiary/aromatic N) is 1. The molecular weight excluding hydrogens is 260 g/mol. The Morgan fingerprint density at radius 2 is 1.89 bits per heavy atom. The van der Waals surface area contributed by atoms with Crippen molar-refractivity contribution in [2.24, 2.45) is 4.40 Å². The van der Waals surface area contributed by atoms with Crippen LogP contribution in [0.3, 0.4) is 0 Å². The summed E-state index contributed by atoms with van der Waals surface area (Å²) in [6, 6.07) is 14.5. The van der Waals surface area contributed by atoms with Gasteiger partial charge in [0.1, 0.15) is 0 Å². The Morgan fingerprint density at radius 1 is 1.16 bits per heavy atom. The Labute approximate surface area is 114 Å². The summed E-state index contributed by atoms with van der Waals surface area (Å²) >= 11 is -1.62. The minimum absolute atomic E-state index is 0.379. The second kappa shape index (κ2) is 4.43. The van der Waals surface area contributed by atoms with Crippen LogP contribution in [0.25, 0.3) is 10.8 Å². The third-order valence-corrected chi connectivity index (χ3v) is 4.00. The molecule has 0 aromatic heterocycles. The molecule has 0 amide bonds. The highest BCUT2D eigenvalue weighted by molar-refractivity contribution is 7.79. The predicted octanol–water partition coefficient (Wildman–Crippen LogP) is 2.63. The largest absolute Gasteiger partial charge is 0.309 e. The summed E-state index contributed by atoms with van der Waals surface area (Å²) in [6.45, 7) is 4.05. The molecular formula is C14H14N2O2S. The van der Waals surface area contributed by atoms with E-state index in [1.165, 1.54) is 10.8 Å². The van der Waals surface area contributed by atoms with Crippen LogP contribution in [0.2, 0.25) is 0 Å². The fourth-order valence-corrected chi connectivity index (χ4v) is 2.75. The maximum absolute atomic E-state index is 11.2. The molecule has 1 atom stereocenters. The molecule has 2 aromatic carbocycles. The Morgan fingerprint density at radius 3 is 2.58 bits per heavy atom. The first kappa shape index (κ1) is 12.3. The van der Waals surface area contributed by atoms with Gasteiger partial charge in [0, 0.05) is 0 Å². The summed E-state index contributed by atoms with van der Waals surface area (Å²) in [5.41, 5.74) is 3.36. The Bertz CT molecular complexity index is 695. The van der Waals surface area contributed by atoms with Crippen LogP contribution in [0.5, 0.6) is 0 Å². The average molecular weight is 274 g/mol. The third-order valence-electron chi connectivity index (χ3n) is 3.44. The fourth-order valence-electron chi connectivity index (χ4n) is 2.14. The van der Waals surface area contributed by atoms with Crippen LogP contribution in [-0.4, -0.2) is 10.0 Å². The highest BCUT2D eigenvalue weighted by Gasteiger charge is 2.32. The van der Waals surface area contributed by atoms with Gasteiger partial charge in [0.2, 0.25) is 0 Å². The lowest BCUT2D eigenvalue weighted by atomic mass is 9.82. The second-order valence-corrected chi connectivity index (χ2v) is 5.81. The highest BCUT2D eigenvalue weighted by Crippen LogP contribution is 2.29. The Kier molecular flexibility index (Phi) is 2.88. The summed E-state index contributed by atoms with van der Waals surface area (Å²) in [5.74, 6) is 0.584. The van der Waals surface area contributed by atoms with E-state index in [2.05, 4.69) is 40.2 Å². The summed E-state index contributed by atoms with van der Waals surface area (Å²) in [4.78, 5) is 0. The predicted molar refractivity (Wildman–Crippen MR) is 76.8 cm³/mol. The normalized spacial score (nSPS) is 19.3. The van der Waals surface area contributed by atoms with Gasteiger partial charge >= 0.3 is 11.3 Å². The van der Waals surface area contributed by atoms with E-state index in [1.54, 1.807) is 0 Å². The van der Waals surface area contributed by atoms with E-state index >= 15 is 0 Å². The van der Waals surface area contributed by atoms with E-state index in [0.29, 0.717) is 5.84 Å². The number of rotatable bonds is 2. The first-order chi connectivity index (χ1) is 9.07. The topological polar surface area (TPSA) is 50.7 Å². The standard InChI is InChI=1S/C14H14N2O2S/c1-14(2,13-15-18-19(17)16-13)12-8-7-10-5-3-4-6-11(10)9-12/h3-9H,1-2H3,(H,15,16). The van der Waals surface area contributed by atoms with Gasteiger partial charge in [-0.3, -0.25) is 0 Å². The van der Waals surface area contributed by atoms with Gasteiger partial charge in [0.15, 0.2) is 5.84 Å². The van der Waals surface area contributed by atoms with E-state index in [0.717, 1.165) is 5.56 Å². The lowest BCUT2D eigenvalue weighted by Crippen LogP contribution is -2.36. The molecule has 1 aliphatic rings. The molecule has 1 heterocycles. The number of hydrogen-bond acceptors (Lipinski definition) is 3. The van der Waals surface area contributed by atoms with E-state index in [9.17, 15) is 4.21 Å². The third kappa shape index (κ3) is 2.15. The van der Waals surface area contributed by atoms with E-state index < -0.39 is 11.3 Å². The van der Waals surface area contributed by atoms with Crippen molar-refractivity contribution in [1.29, 1.82) is 0 Å². The number of hydrogen-bond donors (Lipinski definition) is 1.